The molecule has 3 aromatic rings. The number of hydrogen-bond donors (Lipinski definition) is 4. The number of benzene rings is 2. The van der Waals surface area contributed by atoms with Gasteiger partial charge in [0.1, 0.15) is 5.75 Å². The molecule has 0 spiro atoms. The first-order valence-electron chi connectivity index (χ1n) is 9.52. The van der Waals surface area contributed by atoms with E-state index in [0.29, 0.717) is 31.8 Å². The Kier molecular flexibility index (Phi) is 8.34. The van der Waals surface area contributed by atoms with Crippen LogP contribution in [-0.2, 0) is 0 Å². The Morgan fingerprint density at radius 2 is 1.76 bits per heavy atom. The Morgan fingerprint density at radius 3 is 2.42 bits per heavy atom. The topological polar surface area (TPSA) is 111 Å². The molecule has 7 nitrogen and oxygen atoms in total. The van der Waals surface area contributed by atoms with Crippen LogP contribution in [0, 0.1) is 0 Å². The molecule has 0 saturated heterocycles. The van der Waals surface area contributed by atoms with Gasteiger partial charge in [-0.25, -0.2) is 5.43 Å². The summed E-state index contributed by atoms with van der Waals surface area (Å²) < 4.78 is 0. The van der Waals surface area contributed by atoms with Crippen molar-refractivity contribution in [2.45, 2.75) is 6.92 Å². The molecule has 0 bridgehead atoms. The molecular weight excluding hydrogens is 509 g/mol. The molecule has 172 valence electrons. The van der Waals surface area contributed by atoms with Gasteiger partial charge in [-0.1, -0.05) is 40.9 Å². The predicted molar refractivity (Wildman–Crippen MR) is 132 cm³/mol. The first-order valence-corrected chi connectivity index (χ1v) is 11.5. The Hall–Kier alpha value is -2.62. The highest BCUT2D eigenvalue weighted by molar-refractivity contribution is 7.14. The molecule has 0 aliphatic heterocycles. The third-order valence-electron chi connectivity index (χ3n) is 4.53. The smallest absolute Gasteiger partial charge is 0.271 e. The van der Waals surface area contributed by atoms with E-state index in [1.54, 1.807) is 30.5 Å². The highest BCUT2D eigenvalue weighted by atomic mass is 35.5. The number of carbonyl (C=O) groups excluding carboxylic acids is 2. The van der Waals surface area contributed by atoms with Crippen molar-refractivity contribution < 1.29 is 19.8 Å². The quantitative estimate of drug-likeness (QED) is 0.258. The van der Waals surface area contributed by atoms with Crippen molar-refractivity contribution in [3.63, 3.8) is 0 Å². The lowest BCUT2D eigenvalue weighted by molar-refractivity contribution is 0.0937. The molecule has 33 heavy (non-hydrogen) atoms. The number of nitrogens with one attached hydrogen (secondary N) is 2. The van der Waals surface area contributed by atoms with Gasteiger partial charge in [-0.3, -0.25) is 9.59 Å². The zero-order chi connectivity index (χ0) is 24.1. The van der Waals surface area contributed by atoms with Gasteiger partial charge in [0, 0.05) is 17.5 Å². The lowest BCUT2D eigenvalue weighted by Crippen LogP contribution is -2.27. The van der Waals surface area contributed by atoms with Gasteiger partial charge in [0.05, 0.1) is 43.4 Å². The summed E-state index contributed by atoms with van der Waals surface area (Å²) in [5, 5.41) is 28.6. The number of halogens is 3. The van der Waals surface area contributed by atoms with Gasteiger partial charge in [0.2, 0.25) is 0 Å². The standard InChI is InChI=1S/C22H18Cl3N3O4S/c1-11(15-10-33-20(19(15)30)12-3-5-16(23)18(25)8-12)27-28-21(31)13-2-4-14(17(24)9-13)22(32)26-6-7-29/h2-5,8-10,29-30H,6-7H2,1H3,(H,26,32)(H,28,31)/b27-11+. The Morgan fingerprint density at radius 1 is 1.00 bits per heavy atom. The van der Waals surface area contributed by atoms with E-state index < -0.39 is 11.8 Å². The van der Waals surface area contributed by atoms with Crippen LogP contribution in [0.5, 0.6) is 5.75 Å². The molecule has 11 heteroatoms. The van der Waals surface area contributed by atoms with Gasteiger partial charge < -0.3 is 15.5 Å². The third-order valence-corrected chi connectivity index (χ3v) is 6.60. The second-order valence-corrected chi connectivity index (χ2v) is 8.87. The molecule has 1 aromatic heterocycles. The summed E-state index contributed by atoms with van der Waals surface area (Å²) in [6.07, 6.45) is 0. The fourth-order valence-corrected chi connectivity index (χ4v) is 4.38. The minimum atomic E-state index is -0.544. The number of rotatable bonds is 7. The van der Waals surface area contributed by atoms with Crippen LogP contribution < -0.4 is 10.7 Å². The number of thiophene rings is 1. The number of nitrogens with zero attached hydrogens (tertiary/aromatic N) is 1. The molecule has 1 heterocycles. The summed E-state index contributed by atoms with van der Waals surface area (Å²) in [7, 11) is 0. The number of carbonyl (C=O) groups is 2. The van der Waals surface area contributed by atoms with Crippen LogP contribution >= 0.6 is 46.1 Å². The average molecular weight is 527 g/mol. The van der Waals surface area contributed by atoms with E-state index in [-0.39, 0.29) is 35.1 Å². The summed E-state index contributed by atoms with van der Waals surface area (Å²) in [5.74, 6) is -0.992. The largest absolute Gasteiger partial charge is 0.506 e. The number of hydrogen-bond acceptors (Lipinski definition) is 6. The molecule has 2 amide bonds. The normalized spacial score (nSPS) is 11.4. The fourth-order valence-electron chi connectivity index (χ4n) is 2.82. The molecule has 0 unspecified atom stereocenters. The number of aromatic hydroxyl groups is 1. The molecule has 0 aliphatic rings. The molecule has 0 fully saturated rings. The van der Waals surface area contributed by atoms with Crippen molar-refractivity contribution in [2.24, 2.45) is 5.10 Å². The third kappa shape index (κ3) is 5.85. The molecule has 0 aliphatic carbocycles. The van der Waals surface area contributed by atoms with Crippen LogP contribution in [-0.4, -0.2) is 40.9 Å². The van der Waals surface area contributed by atoms with Gasteiger partial charge in [-0.2, -0.15) is 5.10 Å². The van der Waals surface area contributed by atoms with Crippen LogP contribution in [0.3, 0.4) is 0 Å². The van der Waals surface area contributed by atoms with Gasteiger partial charge in [-0.15, -0.1) is 11.3 Å². The van der Waals surface area contributed by atoms with Crippen LogP contribution in [0.1, 0.15) is 33.2 Å². The van der Waals surface area contributed by atoms with Crippen molar-refractivity contribution in [1.82, 2.24) is 10.7 Å². The van der Waals surface area contributed by atoms with Crippen molar-refractivity contribution >= 4 is 63.7 Å². The number of amides is 2. The maximum Gasteiger partial charge on any atom is 0.271 e. The predicted octanol–water partition coefficient (Wildman–Crippen LogP) is 4.96. The van der Waals surface area contributed by atoms with Crippen molar-refractivity contribution in [3.8, 4) is 16.2 Å². The summed E-state index contributed by atoms with van der Waals surface area (Å²) in [6.45, 7) is 1.53. The minimum absolute atomic E-state index is 0.00942. The highest BCUT2D eigenvalue weighted by Gasteiger charge is 2.17. The minimum Gasteiger partial charge on any atom is -0.506 e. The zero-order valence-electron chi connectivity index (χ0n) is 17.2. The summed E-state index contributed by atoms with van der Waals surface area (Å²) >= 11 is 19.4. The van der Waals surface area contributed by atoms with E-state index in [2.05, 4.69) is 15.8 Å². The Bertz CT molecular complexity index is 1240. The second kappa shape index (κ2) is 11.0. The lowest BCUT2D eigenvalue weighted by Gasteiger charge is -2.07. The lowest BCUT2D eigenvalue weighted by atomic mass is 10.1. The molecule has 4 N–H and O–H groups in total. The first-order chi connectivity index (χ1) is 15.7. The summed E-state index contributed by atoms with van der Waals surface area (Å²) in [4.78, 5) is 25.0. The first kappa shape index (κ1) is 25.0. The van der Waals surface area contributed by atoms with Gasteiger partial charge in [0.15, 0.2) is 0 Å². The average Bonchev–Trinajstić information content (AvgIpc) is 3.18. The van der Waals surface area contributed by atoms with Crippen molar-refractivity contribution in [1.29, 1.82) is 0 Å². The summed E-state index contributed by atoms with van der Waals surface area (Å²) in [5.41, 5.74) is 4.33. The monoisotopic (exact) mass is 525 g/mol. The number of hydrazone groups is 1. The van der Waals surface area contributed by atoms with Crippen LogP contribution in [0.25, 0.3) is 10.4 Å². The highest BCUT2D eigenvalue weighted by Crippen LogP contribution is 2.40. The molecule has 3 rings (SSSR count). The van der Waals surface area contributed by atoms with Crippen molar-refractivity contribution in [3.05, 3.63) is 73.5 Å². The molecular formula is C22H18Cl3N3O4S. The van der Waals surface area contributed by atoms with E-state index in [4.69, 9.17) is 39.9 Å². The molecule has 0 saturated carbocycles. The summed E-state index contributed by atoms with van der Waals surface area (Å²) in [6, 6.07) is 9.24. The van der Waals surface area contributed by atoms with E-state index in [1.807, 2.05) is 0 Å². The maximum atomic E-state index is 12.5. The van der Waals surface area contributed by atoms with Crippen LogP contribution in [0.4, 0.5) is 0 Å². The van der Waals surface area contributed by atoms with Crippen LogP contribution in [0.2, 0.25) is 15.1 Å². The van der Waals surface area contributed by atoms with E-state index in [9.17, 15) is 14.7 Å². The maximum absolute atomic E-state index is 12.5. The Balaban J connectivity index is 1.74. The van der Waals surface area contributed by atoms with Gasteiger partial charge in [0.25, 0.3) is 11.8 Å². The van der Waals surface area contributed by atoms with Gasteiger partial charge in [-0.05, 0) is 42.8 Å². The second-order valence-electron chi connectivity index (χ2n) is 6.77. The Labute approximate surface area is 208 Å². The SMILES string of the molecule is C/C(=N\NC(=O)c1ccc(C(=O)NCCO)c(Cl)c1)c1csc(-c2ccc(Cl)c(Cl)c2)c1O. The van der Waals surface area contributed by atoms with Crippen molar-refractivity contribution in [2.75, 3.05) is 13.2 Å². The zero-order valence-corrected chi connectivity index (χ0v) is 20.2. The molecule has 2 aromatic carbocycles. The van der Waals surface area contributed by atoms with E-state index in [0.717, 1.165) is 0 Å². The van der Waals surface area contributed by atoms with Crippen LogP contribution in [0.15, 0.2) is 46.9 Å². The van der Waals surface area contributed by atoms with E-state index >= 15 is 0 Å². The fraction of sp³-hybridized carbons (Fsp3) is 0.136. The van der Waals surface area contributed by atoms with E-state index in [1.165, 1.54) is 29.5 Å². The molecule has 0 radical (unpaired) electrons. The van der Waals surface area contributed by atoms with Gasteiger partial charge >= 0.3 is 0 Å². The number of aliphatic hydroxyl groups excluding tert-OH is 1. The number of aliphatic hydroxyl groups is 1. The molecule has 0 atom stereocenters.